The molecule has 1 aliphatic heterocycles. The number of hydrogen-bond donors (Lipinski definition) is 4. The van der Waals surface area contributed by atoms with Gasteiger partial charge in [0, 0.05) is 52.9 Å². The van der Waals surface area contributed by atoms with E-state index in [0.717, 1.165) is 34.6 Å². The van der Waals surface area contributed by atoms with E-state index in [0.29, 0.717) is 23.4 Å². The molecule has 11 heteroatoms. The Morgan fingerprint density at radius 2 is 1.77 bits per heavy atom. The maximum absolute atomic E-state index is 12.0. The predicted molar refractivity (Wildman–Crippen MR) is 123 cm³/mol. The fraction of sp³-hybridized carbons (Fsp3) is 0.167. The first-order valence-corrected chi connectivity index (χ1v) is 10.3. The molecule has 8 nitrogen and oxygen atoms in total. The SMILES string of the molecule is C=C(C)C(=O)Nc1ccc(-c2cc(-c3cc4c([nH]3)CCNC4=O)ccn2)cc1.O=C(O)C(F)(F)F. The molecule has 0 unspecified atom stereocenters. The van der Waals surface area contributed by atoms with Gasteiger partial charge in [-0.2, -0.15) is 13.2 Å². The highest BCUT2D eigenvalue weighted by Crippen LogP contribution is 2.27. The van der Waals surface area contributed by atoms with E-state index in [-0.39, 0.29) is 11.8 Å². The molecule has 0 aliphatic carbocycles. The van der Waals surface area contributed by atoms with Gasteiger partial charge in [0.1, 0.15) is 0 Å². The number of halogens is 3. The van der Waals surface area contributed by atoms with Gasteiger partial charge in [-0.3, -0.25) is 14.6 Å². The summed E-state index contributed by atoms with van der Waals surface area (Å²) in [4.78, 5) is 40.4. The van der Waals surface area contributed by atoms with Crippen LogP contribution in [0.2, 0.25) is 0 Å². The van der Waals surface area contributed by atoms with Crippen LogP contribution in [0, 0.1) is 0 Å². The smallest absolute Gasteiger partial charge is 0.475 e. The first kappa shape index (κ1) is 25.2. The molecule has 3 heterocycles. The van der Waals surface area contributed by atoms with Gasteiger partial charge in [0.25, 0.3) is 11.8 Å². The molecule has 182 valence electrons. The molecule has 0 fully saturated rings. The maximum Gasteiger partial charge on any atom is 0.490 e. The molecular formula is C24H21F3N4O4. The van der Waals surface area contributed by atoms with Crippen molar-refractivity contribution < 1.29 is 32.7 Å². The van der Waals surface area contributed by atoms with Gasteiger partial charge < -0.3 is 20.7 Å². The van der Waals surface area contributed by atoms with Gasteiger partial charge in [0.05, 0.1) is 11.3 Å². The standard InChI is InChI=1S/C22H20N4O2.C2HF3O2/c1-13(2)21(27)25-16-5-3-14(4-6-16)19-11-15(7-9-23-19)20-12-17-18(26-20)8-10-24-22(17)28;3-2(4,5)1(6)7/h3-7,9,11-12,26H,1,8,10H2,2H3,(H,24,28)(H,25,27);(H,6,7). The summed E-state index contributed by atoms with van der Waals surface area (Å²) in [6, 6.07) is 13.3. The molecule has 0 spiro atoms. The lowest BCUT2D eigenvalue weighted by molar-refractivity contribution is -0.192. The molecular weight excluding hydrogens is 465 g/mol. The van der Waals surface area contributed by atoms with E-state index in [1.807, 2.05) is 42.5 Å². The topological polar surface area (TPSA) is 124 Å². The highest BCUT2D eigenvalue weighted by Gasteiger charge is 2.38. The summed E-state index contributed by atoms with van der Waals surface area (Å²) in [5.74, 6) is -2.99. The zero-order chi connectivity index (χ0) is 25.8. The maximum atomic E-state index is 12.0. The third kappa shape index (κ3) is 6.34. The van der Waals surface area contributed by atoms with Crippen molar-refractivity contribution in [3.05, 3.63) is 72.1 Å². The molecule has 0 saturated heterocycles. The van der Waals surface area contributed by atoms with Crippen LogP contribution in [0.5, 0.6) is 0 Å². The molecule has 0 bridgehead atoms. The summed E-state index contributed by atoms with van der Waals surface area (Å²) in [5.41, 5.74) is 6.45. The third-order valence-corrected chi connectivity index (χ3v) is 4.94. The van der Waals surface area contributed by atoms with Crippen LogP contribution >= 0.6 is 0 Å². The Labute approximate surface area is 197 Å². The van der Waals surface area contributed by atoms with Crippen molar-refractivity contribution in [3.8, 4) is 22.5 Å². The lowest BCUT2D eigenvalue weighted by Gasteiger charge is -2.11. The Morgan fingerprint density at radius 3 is 2.34 bits per heavy atom. The van der Waals surface area contributed by atoms with Gasteiger partial charge in [-0.15, -0.1) is 0 Å². The van der Waals surface area contributed by atoms with Crippen molar-refractivity contribution >= 4 is 23.5 Å². The summed E-state index contributed by atoms with van der Waals surface area (Å²) in [7, 11) is 0. The van der Waals surface area contributed by atoms with Crippen molar-refractivity contribution in [2.45, 2.75) is 19.5 Å². The van der Waals surface area contributed by atoms with E-state index < -0.39 is 12.1 Å². The number of fused-ring (bicyclic) bond motifs is 1. The van der Waals surface area contributed by atoms with Crippen LogP contribution in [0.1, 0.15) is 23.0 Å². The van der Waals surface area contributed by atoms with E-state index in [1.54, 1.807) is 13.1 Å². The van der Waals surface area contributed by atoms with Gasteiger partial charge in [-0.25, -0.2) is 4.79 Å². The molecule has 1 aromatic carbocycles. The number of carbonyl (C=O) groups is 3. The number of H-pyrrole nitrogens is 1. The fourth-order valence-corrected chi connectivity index (χ4v) is 3.17. The van der Waals surface area contributed by atoms with Crippen molar-refractivity contribution in [2.75, 3.05) is 11.9 Å². The molecule has 0 atom stereocenters. The lowest BCUT2D eigenvalue weighted by Crippen LogP contribution is -2.31. The van der Waals surface area contributed by atoms with Crippen molar-refractivity contribution in [1.29, 1.82) is 0 Å². The fourth-order valence-electron chi connectivity index (χ4n) is 3.17. The molecule has 35 heavy (non-hydrogen) atoms. The van der Waals surface area contributed by atoms with Crippen LogP contribution in [-0.2, 0) is 16.0 Å². The number of carboxylic acids is 1. The molecule has 2 amide bonds. The van der Waals surface area contributed by atoms with Gasteiger partial charge >= 0.3 is 12.1 Å². The number of rotatable bonds is 4. The Morgan fingerprint density at radius 1 is 1.11 bits per heavy atom. The number of carboxylic acid groups (broad SMARTS) is 1. The monoisotopic (exact) mass is 486 g/mol. The Balaban J connectivity index is 0.000000429. The highest BCUT2D eigenvalue weighted by molar-refractivity contribution is 6.02. The van der Waals surface area contributed by atoms with Gasteiger partial charge in [0.15, 0.2) is 0 Å². The summed E-state index contributed by atoms with van der Waals surface area (Å²) in [5, 5.41) is 12.8. The number of amides is 2. The second-order valence-corrected chi connectivity index (χ2v) is 7.63. The van der Waals surface area contributed by atoms with Gasteiger partial charge in [-0.1, -0.05) is 18.7 Å². The Kier molecular flexibility index (Phi) is 7.38. The number of anilines is 1. The Hall–Kier alpha value is -4.41. The van der Waals surface area contributed by atoms with Crippen LogP contribution in [0.15, 0.2) is 60.8 Å². The molecule has 0 saturated carbocycles. The van der Waals surface area contributed by atoms with E-state index in [1.165, 1.54) is 0 Å². The summed E-state index contributed by atoms with van der Waals surface area (Å²) >= 11 is 0. The number of hydrogen-bond acceptors (Lipinski definition) is 4. The summed E-state index contributed by atoms with van der Waals surface area (Å²) in [6.45, 7) is 5.96. The van der Waals surface area contributed by atoms with Crippen LogP contribution in [0.4, 0.5) is 18.9 Å². The number of aromatic nitrogens is 2. The van der Waals surface area contributed by atoms with E-state index in [9.17, 15) is 22.8 Å². The van der Waals surface area contributed by atoms with Crippen molar-refractivity contribution in [1.82, 2.24) is 15.3 Å². The number of aliphatic carboxylic acids is 1. The first-order valence-electron chi connectivity index (χ1n) is 10.3. The number of pyridine rings is 1. The van der Waals surface area contributed by atoms with E-state index in [4.69, 9.17) is 9.90 Å². The minimum atomic E-state index is -5.08. The second-order valence-electron chi connectivity index (χ2n) is 7.63. The van der Waals surface area contributed by atoms with Gasteiger partial charge in [-0.05, 0) is 37.3 Å². The minimum Gasteiger partial charge on any atom is -0.475 e. The number of aromatic amines is 1. The largest absolute Gasteiger partial charge is 0.490 e. The lowest BCUT2D eigenvalue weighted by atomic mass is 10.1. The average molecular weight is 486 g/mol. The number of nitrogens with zero attached hydrogens (tertiary/aromatic N) is 1. The summed E-state index contributed by atoms with van der Waals surface area (Å²) < 4.78 is 31.7. The number of nitrogens with one attached hydrogen (secondary N) is 3. The quantitative estimate of drug-likeness (QED) is 0.412. The zero-order valence-electron chi connectivity index (χ0n) is 18.5. The second kappa shape index (κ2) is 10.2. The molecule has 2 aromatic heterocycles. The summed E-state index contributed by atoms with van der Waals surface area (Å²) in [6.07, 6.45) is -2.53. The van der Waals surface area contributed by atoms with Crippen LogP contribution < -0.4 is 10.6 Å². The molecule has 1 aliphatic rings. The van der Waals surface area contributed by atoms with Gasteiger partial charge in [0.2, 0.25) is 0 Å². The molecule has 3 aromatic rings. The van der Waals surface area contributed by atoms with Crippen LogP contribution in [0.3, 0.4) is 0 Å². The molecule has 0 radical (unpaired) electrons. The van der Waals surface area contributed by atoms with Crippen LogP contribution in [-0.4, -0.2) is 45.6 Å². The average Bonchev–Trinajstić information content (AvgIpc) is 3.25. The normalized spacial score (nSPS) is 12.5. The van der Waals surface area contributed by atoms with E-state index in [2.05, 4.69) is 27.2 Å². The minimum absolute atomic E-state index is 0.0366. The van der Waals surface area contributed by atoms with Crippen molar-refractivity contribution in [3.63, 3.8) is 0 Å². The van der Waals surface area contributed by atoms with Crippen LogP contribution in [0.25, 0.3) is 22.5 Å². The number of alkyl halides is 3. The Bertz CT molecular complexity index is 1280. The van der Waals surface area contributed by atoms with E-state index >= 15 is 0 Å². The van der Waals surface area contributed by atoms with Crippen molar-refractivity contribution in [2.24, 2.45) is 0 Å². The first-order chi connectivity index (χ1) is 16.5. The predicted octanol–water partition coefficient (Wildman–Crippen LogP) is 4.18. The zero-order valence-corrected chi connectivity index (χ0v) is 18.5. The number of carbonyl (C=O) groups excluding carboxylic acids is 2. The number of benzene rings is 1. The third-order valence-electron chi connectivity index (χ3n) is 4.94. The molecule has 4 rings (SSSR count). The molecule has 4 N–H and O–H groups in total. The highest BCUT2D eigenvalue weighted by atomic mass is 19.4.